The van der Waals surface area contributed by atoms with Crippen LogP contribution in [0.1, 0.15) is 25.1 Å². The third-order valence-electron chi connectivity index (χ3n) is 3.68. The van der Waals surface area contributed by atoms with Gasteiger partial charge in [0.1, 0.15) is 11.4 Å². The Morgan fingerprint density at radius 3 is 2.44 bits per heavy atom. The van der Waals surface area contributed by atoms with E-state index in [0.717, 1.165) is 16.9 Å². The third kappa shape index (κ3) is 4.53. The van der Waals surface area contributed by atoms with Gasteiger partial charge in [-0.3, -0.25) is 4.79 Å². The molecule has 0 spiro atoms. The highest BCUT2D eigenvalue weighted by molar-refractivity contribution is 5.55. The van der Waals surface area contributed by atoms with Gasteiger partial charge in [-0.15, -0.1) is 0 Å². The van der Waals surface area contributed by atoms with E-state index >= 15 is 0 Å². The lowest BCUT2D eigenvalue weighted by Crippen LogP contribution is -2.18. The van der Waals surface area contributed by atoms with Gasteiger partial charge in [-0.1, -0.05) is 44.2 Å². The van der Waals surface area contributed by atoms with Crippen molar-refractivity contribution in [2.75, 3.05) is 6.61 Å². The Morgan fingerprint density at radius 2 is 1.76 bits per heavy atom. The molecule has 25 heavy (non-hydrogen) atoms. The number of rotatable bonds is 6. The second kappa shape index (κ2) is 7.75. The molecule has 0 radical (unpaired) electrons. The molecule has 0 fully saturated rings. The lowest BCUT2D eigenvalue weighted by molar-refractivity contribution is 0.271. The lowest BCUT2D eigenvalue weighted by Gasteiger charge is -2.09. The van der Waals surface area contributed by atoms with Gasteiger partial charge in [0.25, 0.3) is 5.56 Å². The molecule has 1 aromatic heterocycles. The Morgan fingerprint density at radius 1 is 1.04 bits per heavy atom. The standard InChI is InChI=1S/C20H21N3O2/c1-14(2)13-25-17-10-8-16(9-11-17)19-21-18(20(24)23-22-19)12-15-6-4-3-5-7-15/h3-11,14H,12-13H2,1-2H3,(H,23,24). The molecule has 0 amide bonds. The summed E-state index contributed by atoms with van der Waals surface area (Å²) in [6.45, 7) is 4.89. The molecule has 0 saturated carbocycles. The molecule has 0 unspecified atom stereocenters. The maximum absolute atomic E-state index is 12.0. The number of aromatic nitrogens is 3. The average molecular weight is 335 g/mol. The predicted molar refractivity (Wildman–Crippen MR) is 97.7 cm³/mol. The van der Waals surface area contributed by atoms with Crippen molar-refractivity contribution in [1.29, 1.82) is 0 Å². The smallest absolute Gasteiger partial charge is 0.286 e. The van der Waals surface area contributed by atoms with Crippen molar-refractivity contribution in [3.8, 4) is 17.1 Å². The van der Waals surface area contributed by atoms with Crippen LogP contribution in [-0.2, 0) is 6.42 Å². The molecule has 0 bridgehead atoms. The minimum Gasteiger partial charge on any atom is -0.493 e. The van der Waals surface area contributed by atoms with Gasteiger partial charge in [0.05, 0.1) is 6.61 Å². The Hall–Kier alpha value is -2.95. The molecule has 128 valence electrons. The molecule has 0 saturated heterocycles. The van der Waals surface area contributed by atoms with E-state index in [4.69, 9.17) is 4.74 Å². The fourth-order valence-electron chi connectivity index (χ4n) is 2.37. The molecule has 5 nitrogen and oxygen atoms in total. The summed E-state index contributed by atoms with van der Waals surface area (Å²) in [5, 5.41) is 6.61. The van der Waals surface area contributed by atoms with Gasteiger partial charge in [0.2, 0.25) is 0 Å². The van der Waals surface area contributed by atoms with Crippen LogP contribution in [0.25, 0.3) is 11.4 Å². The van der Waals surface area contributed by atoms with Crippen LogP contribution in [0, 0.1) is 5.92 Å². The zero-order valence-corrected chi connectivity index (χ0v) is 14.4. The van der Waals surface area contributed by atoms with Gasteiger partial charge in [-0.25, -0.2) is 10.1 Å². The van der Waals surface area contributed by atoms with Crippen LogP contribution in [-0.4, -0.2) is 21.8 Å². The normalized spacial score (nSPS) is 10.8. The van der Waals surface area contributed by atoms with Crippen LogP contribution in [0.15, 0.2) is 59.4 Å². The highest BCUT2D eigenvalue weighted by Crippen LogP contribution is 2.19. The summed E-state index contributed by atoms with van der Waals surface area (Å²) in [5.41, 5.74) is 2.07. The molecule has 1 N–H and O–H groups in total. The van der Waals surface area contributed by atoms with E-state index in [2.05, 4.69) is 29.0 Å². The number of nitrogens with zero attached hydrogens (tertiary/aromatic N) is 2. The van der Waals surface area contributed by atoms with E-state index in [1.54, 1.807) is 0 Å². The highest BCUT2D eigenvalue weighted by atomic mass is 16.5. The molecule has 0 aliphatic carbocycles. The first kappa shape index (κ1) is 16.9. The number of H-pyrrole nitrogens is 1. The summed E-state index contributed by atoms with van der Waals surface area (Å²) >= 11 is 0. The Bertz CT molecular complexity index is 871. The summed E-state index contributed by atoms with van der Waals surface area (Å²) in [7, 11) is 0. The first-order valence-electron chi connectivity index (χ1n) is 8.34. The maximum atomic E-state index is 12.0. The fourth-order valence-corrected chi connectivity index (χ4v) is 2.37. The SMILES string of the molecule is CC(C)COc1ccc(-c2n[nH]c(=O)c(Cc3ccccc3)n2)cc1. The van der Waals surface area contributed by atoms with Crippen molar-refractivity contribution in [3.05, 3.63) is 76.2 Å². The molecule has 0 atom stereocenters. The summed E-state index contributed by atoms with van der Waals surface area (Å²) in [4.78, 5) is 16.5. The molecule has 3 rings (SSSR count). The Balaban J connectivity index is 1.81. The highest BCUT2D eigenvalue weighted by Gasteiger charge is 2.09. The van der Waals surface area contributed by atoms with Crippen LogP contribution in [0.4, 0.5) is 0 Å². The number of benzene rings is 2. The van der Waals surface area contributed by atoms with Gasteiger partial charge in [-0.05, 0) is 35.7 Å². The third-order valence-corrected chi connectivity index (χ3v) is 3.68. The maximum Gasteiger partial charge on any atom is 0.286 e. The van der Waals surface area contributed by atoms with Crippen LogP contribution < -0.4 is 10.3 Å². The van der Waals surface area contributed by atoms with Gasteiger partial charge in [0.15, 0.2) is 5.82 Å². The van der Waals surface area contributed by atoms with E-state index in [0.29, 0.717) is 30.5 Å². The number of aromatic amines is 1. The van der Waals surface area contributed by atoms with Gasteiger partial charge < -0.3 is 4.74 Å². The Kier molecular flexibility index (Phi) is 5.23. The second-order valence-electron chi connectivity index (χ2n) is 6.33. The first-order valence-corrected chi connectivity index (χ1v) is 8.34. The quantitative estimate of drug-likeness (QED) is 0.749. The fraction of sp³-hybridized carbons (Fsp3) is 0.250. The van der Waals surface area contributed by atoms with Crippen molar-refractivity contribution in [1.82, 2.24) is 15.2 Å². The van der Waals surface area contributed by atoms with Crippen molar-refractivity contribution >= 4 is 0 Å². The van der Waals surface area contributed by atoms with Gasteiger partial charge in [-0.2, -0.15) is 5.10 Å². The minimum absolute atomic E-state index is 0.260. The zero-order valence-electron chi connectivity index (χ0n) is 14.4. The van der Waals surface area contributed by atoms with Crippen LogP contribution >= 0.6 is 0 Å². The molecule has 5 heteroatoms. The van der Waals surface area contributed by atoms with Crippen molar-refractivity contribution < 1.29 is 4.74 Å². The molecular formula is C20H21N3O2. The monoisotopic (exact) mass is 335 g/mol. The van der Waals surface area contributed by atoms with E-state index in [1.807, 2.05) is 54.6 Å². The van der Waals surface area contributed by atoms with Crippen LogP contribution in [0.3, 0.4) is 0 Å². The van der Waals surface area contributed by atoms with Crippen molar-refractivity contribution in [3.63, 3.8) is 0 Å². The molecule has 0 aliphatic rings. The summed E-state index contributed by atoms with van der Waals surface area (Å²) in [6.07, 6.45) is 0.473. The number of nitrogens with one attached hydrogen (secondary N) is 1. The number of ether oxygens (including phenoxy) is 1. The largest absolute Gasteiger partial charge is 0.493 e. The van der Waals surface area contributed by atoms with Crippen LogP contribution in [0.2, 0.25) is 0 Å². The minimum atomic E-state index is -0.260. The summed E-state index contributed by atoms with van der Waals surface area (Å²) in [5.74, 6) is 1.79. The first-order chi connectivity index (χ1) is 12.1. The van der Waals surface area contributed by atoms with E-state index in [9.17, 15) is 4.79 Å². The topological polar surface area (TPSA) is 67.9 Å². The van der Waals surface area contributed by atoms with E-state index < -0.39 is 0 Å². The second-order valence-corrected chi connectivity index (χ2v) is 6.33. The molecular weight excluding hydrogens is 314 g/mol. The number of hydrogen-bond donors (Lipinski definition) is 1. The van der Waals surface area contributed by atoms with E-state index in [-0.39, 0.29) is 5.56 Å². The van der Waals surface area contributed by atoms with Gasteiger partial charge in [0, 0.05) is 12.0 Å². The molecule has 0 aliphatic heterocycles. The zero-order chi connectivity index (χ0) is 17.6. The predicted octanol–water partition coefficient (Wildman–Crippen LogP) is 3.46. The molecule has 3 aromatic rings. The van der Waals surface area contributed by atoms with Gasteiger partial charge >= 0.3 is 0 Å². The molecule has 2 aromatic carbocycles. The Labute approximate surface area is 146 Å². The van der Waals surface area contributed by atoms with Crippen molar-refractivity contribution in [2.24, 2.45) is 5.92 Å². The average Bonchev–Trinajstić information content (AvgIpc) is 2.63. The molecule has 1 heterocycles. The van der Waals surface area contributed by atoms with E-state index in [1.165, 1.54) is 0 Å². The van der Waals surface area contributed by atoms with Crippen molar-refractivity contribution in [2.45, 2.75) is 20.3 Å². The number of hydrogen-bond acceptors (Lipinski definition) is 4. The summed E-state index contributed by atoms with van der Waals surface area (Å²) in [6, 6.07) is 17.4. The van der Waals surface area contributed by atoms with Crippen LogP contribution in [0.5, 0.6) is 5.75 Å². The summed E-state index contributed by atoms with van der Waals surface area (Å²) < 4.78 is 5.68. The lowest BCUT2D eigenvalue weighted by atomic mass is 10.1.